The van der Waals surface area contributed by atoms with Crippen LogP contribution in [0.25, 0.3) is 0 Å². The lowest BCUT2D eigenvalue weighted by Gasteiger charge is -2.29. The van der Waals surface area contributed by atoms with Crippen molar-refractivity contribution in [2.75, 3.05) is 26.2 Å². The summed E-state index contributed by atoms with van der Waals surface area (Å²) < 4.78 is 0. The van der Waals surface area contributed by atoms with Gasteiger partial charge in [0, 0.05) is 38.7 Å². The zero-order valence-corrected chi connectivity index (χ0v) is 13.1. The minimum atomic E-state index is -0.220. The predicted molar refractivity (Wildman–Crippen MR) is 78.1 cm³/mol. The lowest BCUT2D eigenvalue weighted by molar-refractivity contribution is -0.137. The Bertz CT molecular complexity index is 342. The van der Waals surface area contributed by atoms with Gasteiger partial charge in [-0.25, -0.2) is 0 Å². The van der Waals surface area contributed by atoms with Crippen LogP contribution in [0.5, 0.6) is 0 Å². The maximum atomic E-state index is 12.5. The summed E-state index contributed by atoms with van der Waals surface area (Å²) in [5, 5.41) is 8.93. The van der Waals surface area contributed by atoms with Crippen LogP contribution in [0.15, 0.2) is 0 Å². The Kier molecular flexibility index (Phi) is 6.46. The molecule has 116 valence electrons. The molecule has 1 unspecified atom stereocenters. The Morgan fingerprint density at radius 1 is 1.40 bits per heavy atom. The molecular weight excluding hydrogens is 256 g/mol. The summed E-state index contributed by atoms with van der Waals surface area (Å²) >= 11 is 0. The van der Waals surface area contributed by atoms with E-state index >= 15 is 0 Å². The van der Waals surface area contributed by atoms with Crippen molar-refractivity contribution in [1.82, 2.24) is 9.80 Å². The van der Waals surface area contributed by atoms with Crippen LogP contribution in [-0.2, 0) is 9.59 Å². The standard InChI is InChI=1S/C15H28N2O3/c1-11(2)9-16-10-13(8-14(16)19)15(20)17(12(3)4)6-5-7-18/h11-13,18H,5-10H2,1-4H3. The van der Waals surface area contributed by atoms with Gasteiger partial charge >= 0.3 is 0 Å². The first-order valence-corrected chi connectivity index (χ1v) is 7.55. The van der Waals surface area contributed by atoms with Gasteiger partial charge in [0.05, 0.1) is 5.92 Å². The summed E-state index contributed by atoms with van der Waals surface area (Å²) in [5.74, 6) is 0.335. The van der Waals surface area contributed by atoms with Gasteiger partial charge in [-0.1, -0.05) is 13.8 Å². The van der Waals surface area contributed by atoms with Crippen LogP contribution in [-0.4, -0.2) is 59.0 Å². The summed E-state index contributed by atoms with van der Waals surface area (Å²) in [6.45, 7) is 9.99. The summed E-state index contributed by atoms with van der Waals surface area (Å²) in [5.41, 5.74) is 0. The van der Waals surface area contributed by atoms with Gasteiger partial charge in [-0.3, -0.25) is 9.59 Å². The minimum absolute atomic E-state index is 0.0491. The highest BCUT2D eigenvalue weighted by Crippen LogP contribution is 2.22. The van der Waals surface area contributed by atoms with Gasteiger partial charge in [0.2, 0.25) is 11.8 Å². The molecule has 1 atom stereocenters. The molecule has 1 fully saturated rings. The zero-order valence-electron chi connectivity index (χ0n) is 13.1. The number of aliphatic hydroxyl groups is 1. The number of hydrogen-bond donors (Lipinski definition) is 1. The third-order valence-electron chi connectivity index (χ3n) is 3.61. The van der Waals surface area contributed by atoms with Crippen LogP contribution in [0.4, 0.5) is 0 Å². The molecule has 5 nitrogen and oxygen atoms in total. The maximum absolute atomic E-state index is 12.5. The molecule has 0 spiro atoms. The molecular formula is C15H28N2O3. The SMILES string of the molecule is CC(C)CN1CC(C(=O)N(CCCO)C(C)C)CC1=O. The van der Waals surface area contributed by atoms with Crippen molar-refractivity contribution in [1.29, 1.82) is 0 Å². The van der Waals surface area contributed by atoms with Crippen molar-refractivity contribution in [3.05, 3.63) is 0 Å². The van der Waals surface area contributed by atoms with Crippen molar-refractivity contribution >= 4 is 11.8 Å². The third kappa shape index (κ3) is 4.47. The summed E-state index contributed by atoms with van der Waals surface area (Å²) in [4.78, 5) is 28.1. The van der Waals surface area contributed by atoms with E-state index in [4.69, 9.17) is 5.11 Å². The number of likely N-dealkylation sites (tertiary alicyclic amines) is 1. The maximum Gasteiger partial charge on any atom is 0.228 e. The number of carbonyl (C=O) groups is 2. The van der Waals surface area contributed by atoms with Crippen LogP contribution in [0, 0.1) is 11.8 Å². The summed E-state index contributed by atoms with van der Waals surface area (Å²) in [7, 11) is 0. The van der Waals surface area contributed by atoms with E-state index in [0.29, 0.717) is 31.8 Å². The fraction of sp³-hybridized carbons (Fsp3) is 0.867. The molecule has 1 heterocycles. The average Bonchev–Trinajstić information content (AvgIpc) is 2.70. The molecule has 0 aromatic rings. The second-order valence-corrected chi connectivity index (χ2v) is 6.30. The van der Waals surface area contributed by atoms with Crippen molar-refractivity contribution in [3.63, 3.8) is 0 Å². The van der Waals surface area contributed by atoms with Crippen molar-refractivity contribution < 1.29 is 14.7 Å². The lowest BCUT2D eigenvalue weighted by Crippen LogP contribution is -2.42. The van der Waals surface area contributed by atoms with Gasteiger partial charge in [-0.05, 0) is 26.2 Å². The van der Waals surface area contributed by atoms with E-state index in [1.54, 1.807) is 9.80 Å². The monoisotopic (exact) mass is 284 g/mol. The van der Waals surface area contributed by atoms with E-state index in [-0.39, 0.29) is 30.4 Å². The highest BCUT2D eigenvalue weighted by Gasteiger charge is 2.36. The highest BCUT2D eigenvalue weighted by atomic mass is 16.3. The Hall–Kier alpha value is -1.10. The molecule has 0 bridgehead atoms. The van der Waals surface area contributed by atoms with Crippen LogP contribution in [0.2, 0.25) is 0 Å². The number of amides is 2. The van der Waals surface area contributed by atoms with E-state index < -0.39 is 0 Å². The van der Waals surface area contributed by atoms with Gasteiger partial charge in [-0.15, -0.1) is 0 Å². The van der Waals surface area contributed by atoms with Crippen LogP contribution < -0.4 is 0 Å². The predicted octanol–water partition coefficient (Wildman–Crippen LogP) is 1.11. The summed E-state index contributed by atoms with van der Waals surface area (Å²) in [6.07, 6.45) is 0.911. The first-order chi connectivity index (χ1) is 9.36. The van der Waals surface area contributed by atoms with E-state index in [9.17, 15) is 9.59 Å². The number of hydrogen-bond acceptors (Lipinski definition) is 3. The fourth-order valence-electron chi connectivity index (χ4n) is 2.65. The number of aliphatic hydroxyl groups excluding tert-OH is 1. The van der Waals surface area contributed by atoms with E-state index in [0.717, 1.165) is 6.54 Å². The van der Waals surface area contributed by atoms with Crippen LogP contribution in [0.1, 0.15) is 40.5 Å². The molecule has 1 saturated heterocycles. The smallest absolute Gasteiger partial charge is 0.228 e. The second kappa shape index (κ2) is 7.62. The van der Waals surface area contributed by atoms with Crippen LogP contribution in [0.3, 0.4) is 0 Å². The number of rotatable bonds is 7. The van der Waals surface area contributed by atoms with E-state index in [1.807, 2.05) is 13.8 Å². The van der Waals surface area contributed by atoms with Gasteiger partial charge < -0.3 is 14.9 Å². The molecule has 0 aromatic carbocycles. The molecule has 1 rings (SSSR count). The largest absolute Gasteiger partial charge is 0.396 e. The van der Waals surface area contributed by atoms with Gasteiger partial charge in [0.1, 0.15) is 0 Å². The molecule has 0 saturated carbocycles. The first kappa shape index (κ1) is 17.0. The minimum Gasteiger partial charge on any atom is -0.396 e. The van der Waals surface area contributed by atoms with Crippen molar-refractivity contribution in [2.24, 2.45) is 11.8 Å². The Labute approximate surface area is 121 Å². The van der Waals surface area contributed by atoms with Crippen molar-refractivity contribution in [2.45, 2.75) is 46.6 Å². The van der Waals surface area contributed by atoms with Gasteiger partial charge in [-0.2, -0.15) is 0 Å². The van der Waals surface area contributed by atoms with E-state index in [2.05, 4.69) is 13.8 Å². The molecule has 1 aliphatic heterocycles. The Balaban J connectivity index is 2.64. The highest BCUT2D eigenvalue weighted by molar-refractivity contribution is 5.89. The van der Waals surface area contributed by atoms with E-state index in [1.165, 1.54) is 0 Å². The third-order valence-corrected chi connectivity index (χ3v) is 3.61. The Morgan fingerprint density at radius 3 is 2.55 bits per heavy atom. The number of nitrogens with zero attached hydrogens (tertiary/aromatic N) is 2. The summed E-state index contributed by atoms with van der Waals surface area (Å²) in [6, 6.07) is 0.100. The van der Waals surface area contributed by atoms with Crippen molar-refractivity contribution in [3.8, 4) is 0 Å². The molecule has 5 heteroatoms. The molecule has 0 aliphatic carbocycles. The normalized spacial score (nSPS) is 19.2. The quantitative estimate of drug-likeness (QED) is 0.762. The zero-order chi connectivity index (χ0) is 15.3. The topological polar surface area (TPSA) is 60.9 Å². The van der Waals surface area contributed by atoms with Gasteiger partial charge in [0.25, 0.3) is 0 Å². The Morgan fingerprint density at radius 2 is 2.05 bits per heavy atom. The second-order valence-electron chi connectivity index (χ2n) is 6.30. The molecule has 1 aliphatic rings. The average molecular weight is 284 g/mol. The molecule has 2 amide bonds. The molecule has 0 aromatic heterocycles. The van der Waals surface area contributed by atoms with Gasteiger partial charge in [0.15, 0.2) is 0 Å². The molecule has 20 heavy (non-hydrogen) atoms. The molecule has 0 radical (unpaired) electrons. The number of carbonyl (C=O) groups excluding carboxylic acids is 2. The molecule has 1 N–H and O–H groups in total. The lowest BCUT2D eigenvalue weighted by atomic mass is 10.1. The van der Waals surface area contributed by atoms with Crippen LogP contribution >= 0.6 is 0 Å². The first-order valence-electron chi connectivity index (χ1n) is 7.55. The fourth-order valence-corrected chi connectivity index (χ4v) is 2.65.